The Kier molecular flexibility index (Phi) is 6.90. The van der Waals surface area contributed by atoms with Crippen LogP contribution in [0.4, 0.5) is 0 Å². The lowest BCUT2D eigenvalue weighted by molar-refractivity contribution is 0.385. The predicted octanol–water partition coefficient (Wildman–Crippen LogP) is 2.79. The van der Waals surface area contributed by atoms with Crippen LogP contribution < -0.4 is 11.1 Å². The van der Waals surface area contributed by atoms with Crippen LogP contribution in [-0.2, 0) is 6.54 Å². The molecular formula is C15H26N2. The minimum atomic E-state index is 0.665. The van der Waals surface area contributed by atoms with Crippen molar-refractivity contribution in [3.8, 4) is 0 Å². The molecule has 1 rings (SSSR count). The van der Waals surface area contributed by atoms with Crippen molar-refractivity contribution in [1.29, 1.82) is 0 Å². The summed E-state index contributed by atoms with van der Waals surface area (Å²) in [6.45, 7) is 7.36. The number of nitrogens with one attached hydrogen (secondary N) is 1. The van der Waals surface area contributed by atoms with E-state index in [2.05, 4.69) is 49.5 Å². The predicted molar refractivity (Wildman–Crippen MR) is 74.8 cm³/mol. The minimum Gasteiger partial charge on any atom is -0.330 e. The number of nitrogens with two attached hydrogens (primary N) is 1. The van der Waals surface area contributed by atoms with Crippen LogP contribution >= 0.6 is 0 Å². The van der Waals surface area contributed by atoms with Crippen molar-refractivity contribution < 1.29 is 0 Å². The molecule has 1 atom stereocenters. The summed E-state index contributed by atoms with van der Waals surface area (Å²) in [5.74, 6) is 1.41. The second-order valence-electron chi connectivity index (χ2n) is 5.18. The van der Waals surface area contributed by atoms with Crippen molar-refractivity contribution in [3.63, 3.8) is 0 Å². The van der Waals surface area contributed by atoms with E-state index in [1.54, 1.807) is 0 Å². The van der Waals surface area contributed by atoms with Gasteiger partial charge in [0.2, 0.25) is 0 Å². The fourth-order valence-electron chi connectivity index (χ4n) is 2.13. The van der Waals surface area contributed by atoms with E-state index in [0.29, 0.717) is 5.92 Å². The molecule has 0 aliphatic carbocycles. The first kappa shape index (κ1) is 14.2. The Labute approximate surface area is 106 Å². The van der Waals surface area contributed by atoms with Crippen LogP contribution in [0.3, 0.4) is 0 Å². The Hall–Kier alpha value is -0.860. The third-order valence-corrected chi connectivity index (χ3v) is 3.04. The normalized spacial score (nSPS) is 12.9. The average molecular weight is 234 g/mol. The van der Waals surface area contributed by atoms with E-state index in [1.807, 2.05) is 0 Å². The van der Waals surface area contributed by atoms with Crippen LogP contribution in [0.15, 0.2) is 30.3 Å². The van der Waals surface area contributed by atoms with Gasteiger partial charge in [0.1, 0.15) is 0 Å². The smallest absolute Gasteiger partial charge is 0.0205 e. The number of hydrogen-bond donors (Lipinski definition) is 2. The molecule has 2 nitrogen and oxygen atoms in total. The van der Waals surface area contributed by atoms with E-state index in [1.165, 1.54) is 18.4 Å². The highest BCUT2D eigenvalue weighted by molar-refractivity contribution is 5.14. The zero-order chi connectivity index (χ0) is 12.5. The van der Waals surface area contributed by atoms with Crippen molar-refractivity contribution in [1.82, 2.24) is 5.32 Å². The largest absolute Gasteiger partial charge is 0.330 e. The quantitative estimate of drug-likeness (QED) is 0.679. The molecule has 0 amide bonds. The molecule has 2 heteroatoms. The minimum absolute atomic E-state index is 0.665. The zero-order valence-electron chi connectivity index (χ0n) is 11.2. The van der Waals surface area contributed by atoms with Crippen LogP contribution in [0.25, 0.3) is 0 Å². The fourth-order valence-corrected chi connectivity index (χ4v) is 2.13. The van der Waals surface area contributed by atoms with Gasteiger partial charge in [-0.2, -0.15) is 0 Å². The van der Waals surface area contributed by atoms with Gasteiger partial charge in [-0.3, -0.25) is 0 Å². The number of benzene rings is 1. The molecule has 0 bridgehead atoms. The van der Waals surface area contributed by atoms with Crippen LogP contribution in [-0.4, -0.2) is 13.1 Å². The highest BCUT2D eigenvalue weighted by Crippen LogP contribution is 2.13. The van der Waals surface area contributed by atoms with E-state index in [9.17, 15) is 0 Å². The van der Waals surface area contributed by atoms with Gasteiger partial charge in [-0.1, -0.05) is 44.2 Å². The van der Waals surface area contributed by atoms with Gasteiger partial charge in [0.05, 0.1) is 0 Å². The Balaban J connectivity index is 2.14. The summed E-state index contributed by atoms with van der Waals surface area (Å²) in [5, 5.41) is 3.48. The lowest BCUT2D eigenvalue weighted by atomic mass is 9.94. The molecule has 0 unspecified atom stereocenters. The summed E-state index contributed by atoms with van der Waals surface area (Å²) in [6, 6.07) is 10.5. The number of rotatable bonds is 8. The maximum absolute atomic E-state index is 5.79. The zero-order valence-corrected chi connectivity index (χ0v) is 11.2. The van der Waals surface area contributed by atoms with E-state index >= 15 is 0 Å². The topological polar surface area (TPSA) is 38.0 Å². The van der Waals surface area contributed by atoms with Gasteiger partial charge in [0.15, 0.2) is 0 Å². The molecule has 0 radical (unpaired) electrons. The molecule has 1 aromatic carbocycles. The number of hydrogen-bond acceptors (Lipinski definition) is 2. The van der Waals surface area contributed by atoms with Crippen LogP contribution in [0.2, 0.25) is 0 Å². The fraction of sp³-hybridized carbons (Fsp3) is 0.600. The summed E-state index contributed by atoms with van der Waals surface area (Å²) in [5.41, 5.74) is 7.13. The molecule has 0 aromatic heterocycles. The van der Waals surface area contributed by atoms with E-state index < -0.39 is 0 Å². The molecule has 17 heavy (non-hydrogen) atoms. The van der Waals surface area contributed by atoms with E-state index in [-0.39, 0.29) is 0 Å². The van der Waals surface area contributed by atoms with Gasteiger partial charge in [-0.25, -0.2) is 0 Å². The third-order valence-electron chi connectivity index (χ3n) is 3.04. The molecular weight excluding hydrogens is 208 g/mol. The Bertz CT molecular complexity index is 282. The van der Waals surface area contributed by atoms with Gasteiger partial charge >= 0.3 is 0 Å². The van der Waals surface area contributed by atoms with Gasteiger partial charge in [-0.05, 0) is 43.3 Å². The Morgan fingerprint density at radius 2 is 1.88 bits per heavy atom. The van der Waals surface area contributed by atoms with Crippen molar-refractivity contribution in [2.45, 2.75) is 33.2 Å². The molecule has 1 aromatic rings. The van der Waals surface area contributed by atoms with Crippen molar-refractivity contribution >= 4 is 0 Å². The summed E-state index contributed by atoms with van der Waals surface area (Å²) in [6.07, 6.45) is 2.42. The summed E-state index contributed by atoms with van der Waals surface area (Å²) in [4.78, 5) is 0. The lowest BCUT2D eigenvalue weighted by Gasteiger charge is -2.17. The lowest BCUT2D eigenvalue weighted by Crippen LogP contribution is -2.23. The van der Waals surface area contributed by atoms with E-state index in [4.69, 9.17) is 5.73 Å². The van der Waals surface area contributed by atoms with Crippen LogP contribution in [0.5, 0.6) is 0 Å². The van der Waals surface area contributed by atoms with E-state index in [0.717, 1.165) is 25.6 Å². The van der Waals surface area contributed by atoms with Crippen molar-refractivity contribution in [3.05, 3.63) is 35.9 Å². The standard InChI is InChI=1S/C15H26N2/c1-13(2)10-15(11-16)8-9-17-12-14-6-4-3-5-7-14/h3-7,13,15,17H,8-12,16H2,1-2H3/t15-/m1/s1. The SMILES string of the molecule is CC(C)C[C@H](CN)CCNCc1ccccc1. The van der Waals surface area contributed by atoms with Gasteiger partial charge in [0, 0.05) is 6.54 Å². The maximum Gasteiger partial charge on any atom is 0.0205 e. The summed E-state index contributed by atoms with van der Waals surface area (Å²) >= 11 is 0. The van der Waals surface area contributed by atoms with Gasteiger partial charge in [-0.15, -0.1) is 0 Å². The first-order valence-electron chi connectivity index (χ1n) is 6.67. The second-order valence-corrected chi connectivity index (χ2v) is 5.18. The second kappa shape index (κ2) is 8.26. The molecule has 3 N–H and O–H groups in total. The Morgan fingerprint density at radius 3 is 2.47 bits per heavy atom. The summed E-state index contributed by atoms with van der Waals surface area (Å²) in [7, 11) is 0. The first-order valence-corrected chi connectivity index (χ1v) is 6.67. The maximum atomic E-state index is 5.79. The molecule has 96 valence electrons. The summed E-state index contributed by atoms with van der Waals surface area (Å²) < 4.78 is 0. The molecule has 0 saturated carbocycles. The Morgan fingerprint density at radius 1 is 1.18 bits per heavy atom. The molecule has 0 saturated heterocycles. The molecule has 0 heterocycles. The molecule has 0 spiro atoms. The van der Waals surface area contributed by atoms with Crippen LogP contribution in [0, 0.1) is 11.8 Å². The first-order chi connectivity index (χ1) is 8.22. The highest BCUT2D eigenvalue weighted by Gasteiger charge is 2.08. The van der Waals surface area contributed by atoms with Crippen molar-refractivity contribution in [2.75, 3.05) is 13.1 Å². The van der Waals surface area contributed by atoms with Gasteiger partial charge in [0.25, 0.3) is 0 Å². The highest BCUT2D eigenvalue weighted by atomic mass is 14.8. The molecule has 0 fully saturated rings. The molecule has 0 aliphatic heterocycles. The average Bonchev–Trinajstić information content (AvgIpc) is 2.34. The monoisotopic (exact) mass is 234 g/mol. The molecule has 0 aliphatic rings. The van der Waals surface area contributed by atoms with Crippen LogP contribution in [0.1, 0.15) is 32.3 Å². The van der Waals surface area contributed by atoms with Gasteiger partial charge < -0.3 is 11.1 Å². The third kappa shape index (κ3) is 6.44. The van der Waals surface area contributed by atoms with Crippen molar-refractivity contribution in [2.24, 2.45) is 17.6 Å².